The largest absolute Gasteiger partial charge is 0.508 e. The van der Waals surface area contributed by atoms with Crippen molar-refractivity contribution in [1.29, 1.82) is 0 Å². The Hall–Kier alpha value is -1.18. The first-order valence-corrected chi connectivity index (χ1v) is 6.14. The lowest BCUT2D eigenvalue weighted by Gasteiger charge is -2.20. The summed E-state index contributed by atoms with van der Waals surface area (Å²) in [6, 6.07) is 4.50. The molecule has 1 aliphatic carbocycles. The Morgan fingerprint density at radius 2 is 1.94 bits per heavy atom. The molecule has 0 saturated heterocycles. The molecule has 2 heteroatoms. The van der Waals surface area contributed by atoms with Crippen molar-refractivity contribution in [2.24, 2.45) is 5.92 Å². The molecule has 1 aromatic rings. The minimum Gasteiger partial charge on any atom is -0.508 e. The van der Waals surface area contributed by atoms with Crippen LogP contribution in [0.4, 0.5) is 5.69 Å². The van der Waals surface area contributed by atoms with Gasteiger partial charge in [-0.15, -0.1) is 0 Å². The number of aromatic hydroxyl groups is 1. The summed E-state index contributed by atoms with van der Waals surface area (Å²) in [5.41, 5.74) is 3.25. The predicted molar refractivity (Wildman–Crippen MR) is 68.0 cm³/mol. The highest BCUT2D eigenvalue weighted by Crippen LogP contribution is 2.31. The van der Waals surface area contributed by atoms with E-state index in [2.05, 4.69) is 18.3 Å². The molecule has 0 amide bonds. The number of hydrogen-bond donors (Lipinski definition) is 2. The Morgan fingerprint density at radius 1 is 1.19 bits per heavy atom. The van der Waals surface area contributed by atoms with Crippen LogP contribution in [0.5, 0.6) is 5.75 Å². The molecular weight excluding hydrogens is 198 g/mol. The fourth-order valence-electron chi connectivity index (χ4n) is 2.52. The quantitative estimate of drug-likeness (QED) is 0.745. The van der Waals surface area contributed by atoms with Gasteiger partial charge in [0, 0.05) is 11.7 Å². The van der Waals surface area contributed by atoms with E-state index in [1.165, 1.54) is 24.9 Å². The Morgan fingerprint density at radius 3 is 2.56 bits per heavy atom. The maximum absolute atomic E-state index is 9.61. The summed E-state index contributed by atoms with van der Waals surface area (Å²) in [7, 11) is 0. The van der Waals surface area contributed by atoms with Crippen molar-refractivity contribution >= 4 is 5.69 Å². The average Bonchev–Trinajstić information content (AvgIpc) is 2.61. The molecule has 1 aliphatic rings. The van der Waals surface area contributed by atoms with Gasteiger partial charge in [-0.3, -0.25) is 0 Å². The third kappa shape index (κ3) is 2.16. The van der Waals surface area contributed by atoms with Crippen LogP contribution in [0.15, 0.2) is 12.1 Å². The molecule has 0 spiro atoms. The van der Waals surface area contributed by atoms with Gasteiger partial charge in [0.25, 0.3) is 0 Å². The van der Waals surface area contributed by atoms with Crippen LogP contribution >= 0.6 is 0 Å². The highest BCUT2D eigenvalue weighted by molar-refractivity contribution is 5.57. The molecule has 1 saturated carbocycles. The fraction of sp³-hybridized carbons (Fsp3) is 0.571. The molecule has 0 radical (unpaired) electrons. The van der Waals surface area contributed by atoms with E-state index in [4.69, 9.17) is 0 Å². The van der Waals surface area contributed by atoms with E-state index in [0.717, 1.165) is 17.0 Å². The van der Waals surface area contributed by atoms with Gasteiger partial charge >= 0.3 is 0 Å². The molecule has 0 bridgehead atoms. The van der Waals surface area contributed by atoms with Crippen molar-refractivity contribution in [3.63, 3.8) is 0 Å². The lowest BCUT2D eigenvalue weighted by molar-refractivity contribution is 0.470. The summed E-state index contributed by atoms with van der Waals surface area (Å²) >= 11 is 0. The highest BCUT2D eigenvalue weighted by Gasteiger charge is 2.23. The maximum Gasteiger partial charge on any atom is 0.118 e. The van der Waals surface area contributed by atoms with Gasteiger partial charge in [0.2, 0.25) is 0 Å². The summed E-state index contributed by atoms with van der Waals surface area (Å²) < 4.78 is 0. The zero-order valence-corrected chi connectivity index (χ0v) is 10.4. The summed E-state index contributed by atoms with van der Waals surface area (Å²) in [5, 5.41) is 13.2. The molecule has 2 N–H and O–H groups in total. The Kier molecular flexibility index (Phi) is 3.08. The van der Waals surface area contributed by atoms with E-state index in [9.17, 15) is 5.11 Å². The number of rotatable bonds is 2. The Labute approximate surface area is 97.7 Å². The van der Waals surface area contributed by atoms with Gasteiger partial charge in [0.1, 0.15) is 5.75 Å². The number of phenolic OH excluding ortho intramolecular Hbond substituents is 1. The summed E-state index contributed by atoms with van der Waals surface area (Å²) in [4.78, 5) is 0. The maximum atomic E-state index is 9.61. The van der Waals surface area contributed by atoms with Crippen LogP contribution in [0.2, 0.25) is 0 Å². The molecule has 88 valence electrons. The van der Waals surface area contributed by atoms with Crippen molar-refractivity contribution in [3.8, 4) is 5.75 Å². The van der Waals surface area contributed by atoms with E-state index < -0.39 is 0 Å². The van der Waals surface area contributed by atoms with Gasteiger partial charge in [-0.2, -0.15) is 0 Å². The number of benzene rings is 1. The first-order chi connectivity index (χ1) is 7.58. The van der Waals surface area contributed by atoms with Crippen molar-refractivity contribution in [3.05, 3.63) is 23.3 Å². The van der Waals surface area contributed by atoms with Gasteiger partial charge in [0.15, 0.2) is 0 Å². The number of hydrogen-bond acceptors (Lipinski definition) is 2. The van der Waals surface area contributed by atoms with E-state index >= 15 is 0 Å². The van der Waals surface area contributed by atoms with Crippen LogP contribution in [0, 0.1) is 19.8 Å². The summed E-state index contributed by atoms with van der Waals surface area (Å²) in [6.45, 7) is 6.30. The number of anilines is 1. The highest BCUT2D eigenvalue weighted by atomic mass is 16.3. The molecule has 2 atom stereocenters. The van der Waals surface area contributed by atoms with Crippen LogP contribution in [-0.2, 0) is 0 Å². The summed E-state index contributed by atoms with van der Waals surface area (Å²) in [5.74, 6) is 1.15. The minimum atomic E-state index is 0.391. The average molecular weight is 219 g/mol. The lowest BCUT2D eigenvalue weighted by Crippen LogP contribution is -2.22. The first-order valence-electron chi connectivity index (χ1n) is 6.14. The number of aryl methyl sites for hydroxylation is 2. The van der Waals surface area contributed by atoms with Crippen LogP contribution in [0.1, 0.15) is 37.3 Å². The molecule has 1 fully saturated rings. The molecule has 1 aromatic carbocycles. The van der Waals surface area contributed by atoms with E-state index in [1.54, 1.807) is 0 Å². The van der Waals surface area contributed by atoms with Crippen molar-refractivity contribution < 1.29 is 5.11 Å². The number of phenols is 1. The zero-order chi connectivity index (χ0) is 11.7. The third-order valence-corrected chi connectivity index (χ3v) is 3.75. The molecule has 2 unspecified atom stereocenters. The SMILES string of the molecule is Cc1cc(NC2CCCC2C)c(C)cc1O. The molecular formula is C14H21NO. The van der Waals surface area contributed by atoms with Gasteiger partial charge < -0.3 is 10.4 Å². The Bertz CT molecular complexity index is 387. The minimum absolute atomic E-state index is 0.391. The topological polar surface area (TPSA) is 32.3 Å². The van der Waals surface area contributed by atoms with Gasteiger partial charge in [0.05, 0.1) is 0 Å². The number of nitrogens with one attached hydrogen (secondary N) is 1. The van der Waals surface area contributed by atoms with Crippen molar-refractivity contribution in [2.75, 3.05) is 5.32 Å². The molecule has 0 aliphatic heterocycles. The molecule has 2 rings (SSSR count). The molecule has 16 heavy (non-hydrogen) atoms. The second kappa shape index (κ2) is 4.36. The molecule has 0 aromatic heterocycles. The van der Waals surface area contributed by atoms with E-state index in [0.29, 0.717) is 11.8 Å². The summed E-state index contributed by atoms with van der Waals surface area (Å²) in [6.07, 6.45) is 3.92. The monoisotopic (exact) mass is 219 g/mol. The van der Waals surface area contributed by atoms with Gasteiger partial charge in [-0.25, -0.2) is 0 Å². The predicted octanol–water partition coefficient (Wildman–Crippen LogP) is 3.61. The van der Waals surface area contributed by atoms with E-state index in [-0.39, 0.29) is 0 Å². The van der Waals surface area contributed by atoms with Crippen molar-refractivity contribution in [1.82, 2.24) is 0 Å². The van der Waals surface area contributed by atoms with Crippen LogP contribution in [0.3, 0.4) is 0 Å². The molecule has 2 nitrogen and oxygen atoms in total. The standard InChI is InChI=1S/C14H21NO/c1-9-5-4-6-12(9)15-13-7-11(3)14(16)8-10(13)2/h7-9,12,15-16H,4-6H2,1-3H3. The second-order valence-electron chi connectivity index (χ2n) is 5.11. The van der Waals surface area contributed by atoms with Crippen LogP contribution in [0.25, 0.3) is 0 Å². The smallest absolute Gasteiger partial charge is 0.118 e. The fourth-order valence-corrected chi connectivity index (χ4v) is 2.52. The molecule has 0 heterocycles. The Balaban J connectivity index is 2.18. The lowest BCUT2D eigenvalue weighted by atomic mass is 10.0. The third-order valence-electron chi connectivity index (χ3n) is 3.75. The van der Waals surface area contributed by atoms with Crippen LogP contribution < -0.4 is 5.32 Å². The normalized spacial score (nSPS) is 24.7. The first kappa shape index (κ1) is 11.3. The van der Waals surface area contributed by atoms with Crippen LogP contribution in [-0.4, -0.2) is 11.1 Å². The second-order valence-corrected chi connectivity index (χ2v) is 5.11. The van der Waals surface area contributed by atoms with Crippen molar-refractivity contribution in [2.45, 2.75) is 46.1 Å². The zero-order valence-electron chi connectivity index (χ0n) is 10.4. The van der Waals surface area contributed by atoms with E-state index in [1.807, 2.05) is 19.9 Å². The van der Waals surface area contributed by atoms with Gasteiger partial charge in [-0.05, 0) is 55.9 Å². The van der Waals surface area contributed by atoms with Gasteiger partial charge in [-0.1, -0.05) is 13.3 Å².